The molecule has 1 rings (SSSR count). The Balaban J connectivity index is 2.32. The maximum absolute atomic E-state index is 2.30. The summed E-state index contributed by atoms with van der Waals surface area (Å²) in [5.74, 6) is 0. The van der Waals surface area contributed by atoms with Gasteiger partial charge in [-0.1, -0.05) is 76.9 Å². The number of hydrogen-bond donors (Lipinski definition) is 0. The molecule has 1 aromatic carbocycles. The second-order valence-corrected chi connectivity index (χ2v) is 7.09. The van der Waals surface area contributed by atoms with Gasteiger partial charge in [0.1, 0.15) is 0 Å². The summed E-state index contributed by atoms with van der Waals surface area (Å²) in [5.41, 5.74) is 1.65. The summed E-state index contributed by atoms with van der Waals surface area (Å²) in [6.45, 7) is 9.02. The molecule has 106 valence electrons. The van der Waals surface area contributed by atoms with Crippen molar-refractivity contribution in [2.75, 3.05) is 0 Å². The molecule has 0 radical (unpaired) electrons. The summed E-state index contributed by atoms with van der Waals surface area (Å²) in [6.07, 6.45) is 8.90. The van der Waals surface area contributed by atoms with Gasteiger partial charge in [0.25, 0.3) is 0 Å². The minimum absolute atomic E-state index is 0.248. The highest BCUT2D eigenvalue weighted by molar-refractivity contribution is 8.02. The first-order valence-corrected chi connectivity index (χ1v) is 8.34. The number of unbranched alkanes of at least 4 members (excludes halogenated alkanes) is 4. The fourth-order valence-corrected chi connectivity index (χ4v) is 2.60. The minimum Gasteiger partial charge on any atom is -0.0984 e. The first kappa shape index (κ1) is 16.4. The monoisotopic (exact) mass is 276 g/mol. The van der Waals surface area contributed by atoms with E-state index < -0.39 is 0 Å². The van der Waals surface area contributed by atoms with Gasteiger partial charge in [-0.25, -0.2) is 0 Å². The topological polar surface area (TPSA) is 0 Å². The third kappa shape index (κ3) is 6.87. The van der Waals surface area contributed by atoms with Crippen molar-refractivity contribution in [1.29, 1.82) is 0 Å². The van der Waals surface area contributed by atoms with Crippen LogP contribution in [0.25, 0.3) is 0 Å². The van der Waals surface area contributed by atoms with E-state index in [2.05, 4.69) is 63.4 Å². The fraction of sp³-hybridized carbons (Fsp3) is 0.556. The Morgan fingerprint density at radius 1 is 1.00 bits per heavy atom. The Morgan fingerprint density at radius 3 is 2.26 bits per heavy atom. The number of benzene rings is 1. The van der Waals surface area contributed by atoms with Crippen LogP contribution >= 0.6 is 11.8 Å². The first-order valence-electron chi connectivity index (χ1n) is 7.46. The lowest BCUT2D eigenvalue weighted by Crippen LogP contribution is -2.10. The van der Waals surface area contributed by atoms with Gasteiger partial charge in [0.05, 0.1) is 0 Å². The molecule has 0 nitrogen and oxygen atoms in total. The average Bonchev–Trinajstić information content (AvgIpc) is 2.37. The lowest BCUT2D eigenvalue weighted by Gasteiger charge is -2.18. The van der Waals surface area contributed by atoms with E-state index in [9.17, 15) is 0 Å². The van der Waals surface area contributed by atoms with Crippen LogP contribution in [-0.2, 0) is 5.41 Å². The van der Waals surface area contributed by atoms with Crippen LogP contribution in [0.1, 0.15) is 65.4 Å². The van der Waals surface area contributed by atoms with Crippen LogP contribution in [-0.4, -0.2) is 0 Å². The van der Waals surface area contributed by atoms with Gasteiger partial charge in [-0.15, -0.1) is 0 Å². The van der Waals surface area contributed by atoms with Crippen LogP contribution in [0.4, 0.5) is 0 Å². The molecule has 0 aliphatic heterocycles. The molecule has 1 heteroatoms. The molecule has 0 bridgehead atoms. The van der Waals surface area contributed by atoms with Crippen molar-refractivity contribution in [1.82, 2.24) is 0 Å². The van der Waals surface area contributed by atoms with Gasteiger partial charge >= 0.3 is 0 Å². The quantitative estimate of drug-likeness (QED) is 0.401. The highest BCUT2D eigenvalue weighted by atomic mass is 32.2. The average molecular weight is 276 g/mol. The van der Waals surface area contributed by atoms with E-state index in [-0.39, 0.29) is 5.41 Å². The summed E-state index contributed by atoms with van der Waals surface area (Å²) < 4.78 is 0. The van der Waals surface area contributed by atoms with Crippen LogP contribution in [0.5, 0.6) is 0 Å². The van der Waals surface area contributed by atoms with Crippen LogP contribution in [0.15, 0.2) is 40.6 Å². The van der Waals surface area contributed by atoms with Gasteiger partial charge in [-0.05, 0) is 41.4 Å². The van der Waals surface area contributed by atoms with Crippen LogP contribution in [0.3, 0.4) is 0 Å². The second kappa shape index (κ2) is 8.47. The summed E-state index contributed by atoms with van der Waals surface area (Å²) in [7, 11) is 0. The van der Waals surface area contributed by atoms with E-state index in [1.807, 2.05) is 11.8 Å². The van der Waals surface area contributed by atoms with Gasteiger partial charge in [-0.2, -0.15) is 0 Å². The van der Waals surface area contributed by atoms with E-state index >= 15 is 0 Å². The molecule has 1 aromatic rings. The lowest BCUT2D eigenvalue weighted by atomic mass is 9.87. The molecule has 0 saturated heterocycles. The molecule has 0 spiro atoms. The van der Waals surface area contributed by atoms with E-state index in [0.717, 1.165) is 0 Å². The normalized spacial score (nSPS) is 12.2. The number of allylic oxidation sites excluding steroid dienone is 1. The van der Waals surface area contributed by atoms with Crippen molar-refractivity contribution in [3.05, 3.63) is 41.3 Å². The molecule has 19 heavy (non-hydrogen) atoms. The number of thioether (sulfide) groups is 1. The Labute approximate surface area is 123 Å². The third-order valence-electron chi connectivity index (χ3n) is 3.25. The largest absolute Gasteiger partial charge is 0.0984 e. The molecular formula is C18H28S. The van der Waals surface area contributed by atoms with E-state index in [1.54, 1.807) is 0 Å². The first-order chi connectivity index (χ1) is 9.04. The molecule has 0 heterocycles. The second-order valence-electron chi connectivity index (χ2n) is 6.11. The predicted molar refractivity (Wildman–Crippen MR) is 88.9 cm³/mol. The molecule has 0 amide bonds. The standard InChI is InChI=1S/C18H28S/c1-5-6-7-8-9-10-15-19-17-13-11-16(12-14-17)18(2,3)4/h10-15H,5-9H2,1-4H3/b15-10+. The Kier molecular flexibility index (Phi) is 7.30. The van der Waals surface area contributed by atoms with Crippen molar-refractivity contribution < 1.29 is 0 Å². The maximum atomic E-state index is 2.30. The van der Waals surface area contributed by atoms with E-state index in [0.29, 0.717) is 0 Å². The summed E-state index contributed by atoms with van der Waals surface area (Å²) in [4.78, 5) is 1.33. The minimum atomic E-state index is 0.248. The van der Waals surface area contributed by atoms with Crippen LogP contribution in [0, 0.1) is 0 Å². The van der Waals surface area contributed by atoms with E-state index in [4.69, 9.17) is 0 Å². The Hall–Kier alpha value is -0.690. The van der Waals surface area contributed by atoms with Gasteiger partial charge in [0.15, 0.2) is 0 Å². The molecule has 0 atom stereocenters. The summed E-state index contributed by atoms with van der Waals surface area (Å²) >= 11 is 1.82. The Bertz CT molecular complexity index is 368. The number of hydrogen-bond acceptors (Lipinski definition) is 1. The zero-order valence-corrected chi connectivity index (χ0v) is 13.7. The van der Waals surface area contributed by atoms with Crippen molar-refractivity contribution in [2.24, 2.45) is 0 Å². The Morgan fingerprint density at radius 2 is 1.68 bits per heavy atom. The van der Waals surface area contributed by atoms with Crippen molar-refractivity contribution in [2.45, 2.75) is 70.1 Å². The molecular weight excluding hydrogens is 248 g/mol. The van der Waals surface area contributed by atoms with E-state index in [1.165, 1.54) is 42.6 Å². The maximum Gasteiger partial charge on any atom is 0.0116 e. The smallest absolute Gasteiger partial charge is 0.0116 e. The molecule has 0 saturated carbocycles. The van der Waals surface area contributed by atoms with Gasteiger partial charge in [0.2, 0.25) is 0 Å². The zero-order chi connectivity index (χ0) is 14.1. The molecule has 0 unspecified atom stereocenters. The zero-order valence-electron chi connectivity index (χ0n) is 12.9. The lowest BCUT2D eigenvalue weighted by molar-refractivity contribution is 0.590. The van der Waals surface area contributed by atoms with Crippen molar-refractivity contribution in [3.63, 3.8) is 0 Å². The third-order valence-corrected chi connectivity index (χ3v) is 4.12. The molecule has 0 aliphatic carbocycles. The summed E-state index contributed by atoms with van der Waals surface area (Å²) in [5, 5.41) is 2.23. The summed E-state index contributed by atoms with van der Waals surface area (Å²) in [6, 6.07) is 8.95. The van der Waals surface area contributed by atoms with Gasteiger partial charge in [0, 0.05) is 4.90 Å². The molecule has 0 fully saturated rings. The highest BCUT2D eigenvalue weighted by Gasteiger charge is 2.12. The SMILES string of the molecule is CCCCCC/C=C/Sc1ccc(C(C)(C)C)cc1. The molecule has 0 aliphatic rings. The predicted octanol–water partition coefficient (Wildman–Crippen LogP) is 6.56. The van der Waals surface area contributed by atoms with Crippen LogP contribution < -0.4 is 0 Å². The van der Waals surface area contributed by atoms with Crippen molar-refractivity contribution in [3.8, 4) is 0 Å². The fourth-order valence-electron chi connectivity index (χ4n) is 1.92. The van der Waals surface area contributed by atoms with Gasteiger partial charge < -0.3 is 0 Å². The van der Waals surface area contributed by atoms with Crippen LogP contribution in [0.2, 0.25) is 0 Å². The molecule has 0 N–H and O–H groups in total. The molecule has 0 aromatic heterocycles. The number of rotatable bonds is 7. The van der Waals surface area contributed by atoms with Gasteiger partial charge in [-0.3, -0.25) is 0 Å². The van der Waals surface area contributed by atoms with Crippen molar-refractivity contribution >= 4 is 11.8 Å². The highest BCUT2D eigenvalue weighted by Crippen LogP contribution is 2.26.